The number of alkyl halides is 3. The van der Waals surface area contributed by atoms with E-state index in [4.69, 9.17) is 0 Å². The van der Waals surface area contributed by atoms with Crippen LogP contribution in [0.5, 0.6) is 5.75 Å². The van der Waals surface area contributed by atoms with Crippen molar-refractivity contribution in [1.29, 1.82) is 0 Å². The second-order valence-electron chi connectivity index (χ2n) is 7.38. The molecule has 11 heteroatoms. The number of nitrogens with zero attached hydrogens (tertiary/aromatic N) is 3. The first-order valence-corrected chi connectivity index (χ1v) is 9.85. The van der Waals surface area contributed by atoms with E-state index >= 15 is 0 Å². The minimum atomic E-state index is -4.78. The summed E-state index contributed by atoms with van der Waals surface area (Å²) < 4.78 is 40.7. The number of carbonyl (C=O) groups is 1. The van der Waals surface area contributed by atoms with E-state index in [0.29, 0.717) is 29.3 Å². The number of aromatic nitrogens is 3. The molecule has 168 valence electrons. The molecule has 3 aromatic rings. The van der Waals surface area contributed by atoms with Gasteiger partial charge in [0, 0.05) is 49.3 Å². The molecule has 3 N–H and O–H groups in total. The predicted octanol–water partition coefficient (Wildman–Crippen LogP) is 3.44. The molecule has 8 nitrogen and oxygen atoms in total. The van der Waals surface area contributed by atoms with E-state index in [0.717, 1.165) is 25.1 Å². The Kier molecular flexibility index (Phi) is 5.99. The van der Waals surface area contributed by atoms with Gasteiger partial charge in [-0.3, -0.25) is 9.89 Å². The van der Waals surface area contributed by atoms with Gasteiger partial charge in [-0.15, -0.1) is 13.2 Å². The topological polar surface area (TPSA) is 103 Å². The molecule has 1 aliphatic rings. The Morgan fingerprint density at radius 2 is 2.06 bits per heavy atom. The Balaban J connectivity index is 1.54. The number of aromatic amines is 1. The SMILES string of the molecule is O=C(Nc1ccc(OC(F)(F)F)cc1)c1cnc(N2CCC(CO)C2)c(-c2ccn[nH]2)c1. The summed E-state index contributed by atoms with van der Waals surface area (Å²) >= 11 is 0. The number of hydrogen-bond donors (Lipinski definition) is 3. The molecule has 2 aromatic heterocycles. The maximum absolute atomic E-state index is 12.7. The Labute approximate surface area is 181 Å². The number of rotatable bonds is 6. The molecule has 0 saturated carbocycles. The number of pyridine rings is 1. The zero-order valence-electron chi connectivity index (χ0n) is 16.8. The molecule has 1 unspecified atom stereocenters. The average Bonchev–Trinajstić information content (AvgIpc) is 3.46. The number of halogens is 3. The maximum atomic E-state index is 12.7. The molecule has 0 radical (unpaired) electrons. The Hall–Kier alpha value is -3.60. The quantitative estimate of drug-likeness (QED) is 0.535. The van der Waals surface area contributed by atoms with Gasteiger partial charge in [-0.2, -0.15) is 5.10 Å². The van der Waals surface area contributed by atoms with Gasteiger partial charge in [-0.1, -0.05) is 0 Å². The van der Waals surface area contributed by atoms with Crippen molar-refractivity contribution >= 4 is 17.4 Å². The van der Waals surface area contributed by atoms with Crippen molar-refractivity contribution in [2.45, 2.75) is 12.8 Å². The predicted molar refractivity (Wildman–Crippen MR) is 110 cm³/mol. The maximum Gasteiger partial charge on any atom is 0.573 e. The highest BCUT2D eigenvalue weighted by molar-refractivity contribution is 6.05. The summed E-state index contributed by atoms with van der Waals surface area (Å²) in [6.45, 7) is 1.49. The molecule has 0 bridgehead atoms. The van der Waals surface area contributed by atoms with Crippen molar-refractivity contribution in [3.8, 4) is 17.0 Å². The van der Waals surface area contributed by atoms with Gasteiger partial charge < -0.3 is 20.1 Å². The van der Waals surface area contributed by atoms with Gasteiger partial charge in [0.25, 0.3) is 5.91 Å². The van der Waals surface area contributed by atoms with Crippen LogP contribution in [0.15, 0.2) is 48.8 Å². The average molecular weight is 447 g/mol. The summed E-state index contributed by atoms with van der Waals surface area (Å²) in [7, 11) is 0. The Morgan fingerprint density at radius 3 is 2.69 bits per heavy atom. The van der Waals surface area contributed by atoms with E-state index < -0.39 is 12.3 Å². The van der Waals surface area contributed by atoms with E-state index in [1.54, 1.807) is 18.3 Å². The lowest BCUT2D eigenvalue weighted by Gasteiger charge is -2.21. The lowest BCUT2D eigenvalue weighted by molar-refractivity contribution is -0.274. The van der Waals surface area contributed by atoms with Crippen LogP contribution < -0.4 is 15.0 Å². The Morgan fingerprint density at radius 1 is 1.28 bits per heavy atom. The van der Waals surface area contributed by atoms with Crippen LogP contribution in [0.25, 0.3) is 11.3 Å². The third-order valence-electron chi connectivity index (χ3n) is 5.11. The zero-order valence-corrected chi connectivity index (χ0v) is 16.8. The number of nitrogens with one attached hydrogen (secondary N) is 2. The Bertz CT molecular complexity index is 1070. The van der Waals surface area contributed by atoms with Gasteiger partial charge in [0.2, 0.25) is 0 Å². The highest BCUT2D eigenvalue weighted by Crippen LogP contribution is 2.32. The van der Waals surface area contributed by atoms with E-state index in [1.165, 1.54) is 18.3 Å². The van der Waals surface area contributed by atoms with Crippen LogP contribution in [-0.2, 0) is 0 Å². The molecule has 0 aliphatic carbocycles. The van der Waals surface area contributed by atoms with Gasteiger partial charge in [-0.05, 0) is 42.8 Å². The molecule has 1 aliphatic heterocycles. The van der Waals surface area contributed by atoms with Crippen LogP contribution in [0, 0.1) is 5.92 Å². The highest BCUT2D eigenvalue weighted by atomic mass is 19.4. The van der Waals surface area contributed by atoms with Crippen molar-refractivity contribution < 1.29 is 27.8 Å². The van der Waals surface area contributed by atoms with Crippen LogP contribution in [0.2, 0.25) is 0 Å². The molecular weight excluding hydrogens is 427 g/mol. The zero-order chi connectivity index (χ0) is 22.7. The van der Waals surface area contributed by atoms with Crippen LogP contribution in [-0.4, -0.2) is 52.3 Å². The summed E-state index contributed by atoms with van der Waals surface area (Å²) in [4.78, 5) is 19.3. The first kappa shape index (κ1) is 21.6. The van der Waals surface area contributed by atoms with Gasteiger partial charge in [0.15, 0.2) is 0 Å². The number of carbonyl (C=O) groups excluding carboxylic acids is 1. The molecule has 1 saturated heterocycles. The molecule has 3 heterocycles. The molecule has 1 aromatic carbocycles. The van der Waals surface area contributed by atoms with E-state index in [-0.39, 0.29) is 23.8 Å². The summed E-state index contributed by atoms with van der Waals surface area (Å²) in [5.41, 5.74) is 1.94. The monoisotopic (exact) mass is 447 g/mol. The molecule has 32 heavy (non-hydrogen) atoms. The van der Waals surface area contributed by atoms with Gasteiger partial charge >= 0.3 is 6.36 Å². The number of H-pyrrole nitrogens is 1. The number of anilines is 2. The molecule has 4 rings (SSSR count). The number of aliphatic hydroxyl groups excluding tert-OH is 1. The summed E-state index contributed by atoms with van der Waals surface area (Å²) in [5.74, 6) is -0.00657. The van der Waals surface area contributed by atoms with E-state index in [2.05, 4.69) is 30.1 Å². The number of benzene rings is 1. The number of hydrogen-bond acceptors (Lipinski definition) is 6. The highest BCUT2D eigenvalue weighted by Gasteiger charge is 2.31. The number of ether oxygens (including phenoxy) is 1. The summed E-state index contributed by atoms with van der Waals surface area (Å²) in [6, 6.07) is 8.31. The second kappa shape index (κ2) is 8.87. The normalized spacial score (nSPS) is 16.2. The molecule has 1 amide bonds. The summed E-state index contributed by atoms with van der Waals surface area (Å²) in [5, 5.41) is 18.9. The van der Waals surface area contributed by atoms with E-state index in [9.17, 15) is 23.1 Å². The van der Waals surface area contributed by atoms with Crippen molar-refractivity contribution in [2.24, 2.45) is 5.92 Å². The van der Waals surface area contributed by atoms with Crippen molar-refractivity contribution in [2.75, 3.05) is 29.9 Å². The first-order chi connectivity index (χ1) is 15.3. The second-order valence-corrected chi connectivity index (χ2v) is 7.38. The van der Waals surface area contributed by atoms with Crippen LogP contribution >= 0.6 is 0 Å². The first-order valence-electron chi connectivity index (χ1n) is 9.85. The van der Waals surface area contributed by atoms with Crippen molar-refractivity contribution in [3.05, 3.63) is 54.4 Å². The standard InChI is InChI=1S/C21H20F3N5O3/c22-21(23,24)32-16-3-1-15(2-4-16)27-20(31)14-9-17(18-5-7-26-28-18)19(25-10-14)29-8-6-13(11-29)12-30/h1-5,7,9-10,13,30H,6,8,11-12H2,(H,26,28)(H,27,31). The third-order valence-corrected chi connectivity index (χ3v) is 5.11. The smallest absolute Gasteiger partial charge is 0.406 e. The van der Waals surface area contributed by atoms with Crippen molar-refractivity contribution in [3.63, 3.8) is 0 Å². The molecule has 0 spiro atoms. The van der Waals surface area contributed by atoms with Gasteiger partial charge in [-0.25, -0.2) is 4.98 Å². The van der Waals surface area contributed by atoms with Crippen molar-refractivity contribution in [1.82, 2.24) is 15.2 Å². The van der Waals surface area contributed by atoms with E-state index in [1.807, 2.05) is 0 Å². The minimum Gasteiger partial charge on any atom is -0.406 e. The summed E-state index contributed by atoms with van der Waals surface area (Å²) in [6.07, 6.45) is -0.903. The molecule has 1 atom stereocenters. The van der Waals surface area contributed by atoms with Gasteiger partial charge in [0.05, 0.1) is 11.3 Å². The van der Waals surface area contributed by atoms with Crippen LogP contribution in [0.1, 0.15) is 16.8 Å². The minimum absolute atomic E-state index is 0.100. The van der Waals surface area contributed by atoms with Gasteiger partial charge in [0.1, 0.15) is 11.6 Å². The fourth-order valence-corrected chi connectivity index (χ4v) is 3.56. The van der Waals surface area contributed by atoms with Crippen LogP contribution in [0.4, 0.5) is 24.7 Å². The number of amides is 1. The fraction of sp³-hybridized carbons (Fsp3) is 0.286. The molecular formula is C21H20F3N5O3. The largest absolute Gasteiger partial charge is 0.573 e. The third kappa shape index (κ3) is 4.99. The lowest BCUT2D eigenvalue weighted by atomic mass is 10.1. The molecule has 1 fully saturated rings. The van der Waals surface area contributed by atoms with Crippen LogP contribution in [0.3, 0.4) is 0 Å². The lowest BCUT2D eigenvalue weighted by Crippen LogP contribution is -2.23. The number of aliphatic hydroxyl groups is 1. The fourth-order valence-electron chi connectivity index (χ4n) is 3.56.